The molecule has 0 atom stereocenters. The molecule has 2 aromatic rings. The molecule has 0 aromatic heterocycles. The minimum Gasteiger partial charge on any atom is -0.309 e. The molecule has 4 heteroatoms. The lowest BCUT2D eigenvalue weighted by molar-refractivity contribution is 0.693. The molecule has 0 amide bonds. The van der Waals surface area contributed by atoms with Crippen molar-refractivity contribution in [2.75, 3.05) is 0 Å². The molecule has 2 rings (SSSR count). The zero-order valence-corrected chi connectivity index (χ0v) is 12.7. The van der Waals surface area contributed by atoms with Crippen molar-refractivity contribution in [2.45, 2.75) is 13.1 Å². The standard InChI is InChI=1S/C14H12BrCl2N/c15-12-5-6-14(17)11(7-12)9-18-8-10-3-1-2-4-13(10)16/h1-7,18H,8-9H2. The monoisotopic (exact) mass is 343 g/mol. The molecule has 1 N–H and O–H groups in total. The Morgan fingerprint density at radius 1 is 0.889 bits per heavy atom. The van der Waals surface area contributed by atoms with Gasteiger partial charge >= 0.3 is 0 Å². The van der Waals surface area contributed by atoms with Gasteiger partial charge in [-0.3, -0.25) is 0 Å². The number of hydrogen-bond donors (Lipinski definition) is 1. The molecule has 0 bridgehead atoms. The second kappa shape index (κ2) is 6.58. The van der Waals surface area contributed by atoms with Gasteiger partial charge in [0.25, 0.3) is 0 Å². The van der Waals surface area contributed by atoms with Crippen LogP contribution in [0.2, 0.25) is 10.0 Å². The highest BCUT2D eigenvalue weighted by Crippen LogP contribution is 2.21. The van der Waals surface area contributed by atoms with Gasteiger partial charge < -0.3 is 5.32 Å². The van der Waals surface area contributed by atoms with Gasteiger partial charge in [-0.2, -0.15) is 0 Å². The van der Waals surface area contributed by atoms with Crippen LogP contribution in [-0.2, 0) is 13.1 Å². The zero-order valence-electron chi connectivity index (χ0n) is 9.59. The Morgan fingerprint density at radius 2 is 1.56 bits per heavy atom. The van der Waals surface area contributed by atoms with Crippen molar-refractivity contribution < 1.29 is 0 Å². The van der Waals surface area contributed by atoms with Gasteiger partial charge in [-0.05, 0) is 35.4 Å². The van der Waals surface area contributed by atoms with Crippen LogP contribution < -0.4 is 5.32 Å². The fourth-order valence-electron chi connectivity index (χ4n) is 1.65. The molecule has 0 aliphatic carbocycles. The number of hydrogen-bond acceptors (Lipinski definition) is 1. The van der Waals surface area contributed by atoms with Crippen LogP contribution in [0.25, 0.3) is 0 Å². The number of rotatable bonds is 4. The first-order valence-corrected chi connectivity index (χ1v) is 7.10. The highest BCUT2D eigenvalue weighted by Gasteiger charge is 2.02. The topological polar surface area (TPSA) is 12.0 Å². The van der Waals surface area contributed by atoms with Gasteiger partial charge in [0.15, 0.2) is 0 Å². The lowest BCUT2D eigenvalue weighted by Crippen LogP contribution is -2.13. The van der Waals surface area contributed by atoms with Crippen molar-refractivity contribution in [3.05, 3.63) is 68.1 Å². The minimum atomic E-state index is 0.712. The Morgan fingerprint density at radius 3 is 2.33 bits per heavy atom. The second-order valence-electron chi connectivity index (χ2n) is 3.93. The van der Waals surface area contributed by atoms with E-state index in [2.05, 4.69) is 21.2 Å². The van der Waals surface area contributed by atoms with Crippen LogP contribution in [0.15, 0.2) is 46.9 Å². The van der Waals surface area contributed by atoms with Gasteiger partial charge in [-0.15, -0.1) is 0 Å². The van der Waals surface area contributed by atoms with Crippen LogP contribution in [-0.4, -0.2) is 0 Å². The van der Waals surface area contributed by atoms with Crippen LogP contribution in [0.4, 0.5) is 0 Å². The van der Waals surface area contributed by atoms with E-state index in [9.17, 15) is 0 Å². The van der Waals surface area contributed by atoms with E-state index >= 15 is 0 Å². The summed E-state index contributed by atoms with van der Waals surface area (Å²) in [5.74, 6) is 0. The average molecular weight is 345 g/mol. The first-order valence-electron chi connectivity index (χ1n) is 5.55. The maximum Gasteiger partial charge on any atom is 0.0451 e. The number of nitrogens with one attached hydrogen (secondary N) is 1. The predicted molar refractivity (Wildman–Crippen MR) is 81.1 cm³/mol. The van der Waals surface area contributed by atoms with E-state index in [1.54, 1.807) is 0 Å². The van der Waals surface area contributed by atoms with Crippen molar-refractivity contribution in [1.82, 2.24) is 5.32 Å². The van der Waals surface area contributed by atoms with Gasteiger partial charge in [0.05, 0.1) is 0 Å². The third kappa shape index (κ3) is 3.72. The molecule has 94 valence electrons. The van der Waals surface area contributed by atoms with E-state index in [4.69, 9.17) is 23.2 Å². The van der Waals surface area contributed by atoms with Gasteiger partial charge in [0.1, 0.15) is 0 Å². The quantitative estimate of drug-likeness (QED) is 0.818. The molecule has 18 heavy (non-hydrogen) atoms. The van der Waals surface area contributed by atoms with Crippen LogP contribution in [0.1, 0.15) is 11.1 Å². The zero-order chi connectivity index (χ0) is 13.0. The van der Waals surface area contributed by atoms with E-state index in [0.717, 1.165) is 32.2 Å². The highest BCUT2D eigenvalue weighted by molar-refractivity contribution is 9.10. The highest BCUT2D eigenvalue weighted by atomic mass is 79.9. The summed E-state index contributed by atoms with van der Waals surface area (Å²) < 4.78 is 1.03. The van der Waals surface area contributed by atoms with E-state index < -0.39 is 0 Å². The Bertz CT molecular complexity index is 543. The smallest absolute Gasteiger partial charge is 0.0451 e. The Hall–Kier alpha value is -0.540. The van der Waals surface area contributed by atoms with Crippen molar-refractivity contribution in [2.24, 2.45) is 0 Å². The fourth-order valence-corrected chi connectivity index (χ4v) is 2.45. The van der Waals surface area contributed by atoms with Gasteiger partial charge in [0, 0.05) is 27.6 Å². The van der Waals surface area contributed by atoms with E-state index in [1.807, 2.05) is 42.5 Å². The minimum absolute atomic E-state index is 0.712. The summed E-state index contributed by atoms with van der Waals surface area (Å²) in [7, 11) is 0. The normalized spacial score (nSPS) is 10.6. The van der Waals surface area contributed by atoms with Crippen LogP contribution in [0.3, 0.4) is 0 Å². The van der Waals surface area contributed by atoms with Crippen LogP contribution in [0, 0.1) is 0 Å². The molecule has 0 unspecified atom stereocenters. The predicted octanol–water partition coefficient (Wildman–Crippen LogP) is 5.05. The third-order valence-corrected chi connectivity index (χ3v) is 3.83. The lowest BCUT2D eigenvalue weighted by atomic mass is 10.2. The van der Waals surface area contributed by atoms with E-state index in [0.29, 0.717) is 6.54 Å². The molecule has 0 radical (unpaired) electrons. The molecule has 2 aromatic carbocycles. The average Bonchev–Trinajstić information content (AvgIpc) is 2.36. The van der Waals surface area contributed by atoms with E-state index in [1.165, 1.54) is 0 Å². The lowest BCUT2D eigenvalue weighted by Gasteiger charge is -2.08. The molecule has 0 aliphatic heterocycles. The summed E-state index contributed by atoms with van der Waals surface area (Å²) >= 11 is 15.6. The molecule has 0 spiro atoms. The Kier molecular flexibility index (Phi) is 5.07. The summed E-state index contributed by atoms with van der Waals surface area (Å²) in [4.78, 5) is 0. The number of benzene rings is 2. The van der Waals surface area contributed by atoms with Crippen molar-refractivity contribution in [3.63, 3.8) is 0 Å². The number of halogens is 3. The third-order valence-electron chi connectivity index (χ3n) is 2.60. The second-order valence-corrected chi connectivity index (χ2v) is 5.66. The maximum absolute atomic E-state index is 6.12. The largest absolute Gasteiger partial charge is 0.309 e. The summed E-state index contributed by atoms with van der Waals surface area (Å²) in [6, 6.07) is 13.6. The molecular weight excluding hydrogens is 333 g/mol. The fraction of sp³-hybridized carbons (Fsp3) is 0.143. The van der Waals surface area contributed by atoms with Crippen LogP contribution >= 0.6 is 39.1 Å². The maximum atomic E-state index is 6.12. The van der Waals surface area contributed by atoms with E-state index in [-0.39, 0.29) is 0 Å². The molecule has 0 saturated carbocycles. The first kappa shape index (κ1) is 13.9. The van der Waals surface area contributed by atoms with Crippen molar-refractivity contribution in [3.8, 4) is 0 Å². The molecule has 1 nitrogen and oxygen atoms in total. The van der Waals surface area contributed by atoms with Gasteiger partial charge in [-0.1, -0.05) is 57.3 Å². The SMILES string of the molecule is Clc1ccccc1CNCc1cc(Br)ccc1Cl. The first-order chi connectivity index (χ1) is 8.66. The van der Waals surface area contributed by atoms with Crippen LogP contribution in [0.5, 0.6) is 0 Å². The summed E-state index contributed by atoms with van der Waals surface area (Å²) in [6.07, 6.45) is 0. The summed E-state index contributed by atoms with van der Waals surface area (Å²) in [5.41, 5.74) is 2.16. The van der Waals surface area contributed by atoms with Gasteiger partial charge in [-0.25, -0.2) is 0 Å². The molecule has 0 fully saturated rings. The molecule has 0 saturated heterocycles. The van der Waals surface area contributed by atoms with Gasteiger partial charge in [0.2, 0.25) is 0 Å². The summed E-state index contributed by atoms with van der Waals surface area (Å²) in [6.45, 7) is 1.44. The summed E-state index contributed by atoms with van der Waals surface area (Å²) in [5, 5.41) is 4.89. The van der Waals surface area contributed by atoms with Crippen molar-refractivity contribution in [1.29, 1.82) is 0 Å². The Balaban J connectivity index is 1.96. The molecular formula is C14H12BrCl2N. The van der Waals surface area contributed by atoms with Crippen molar-refractivity contribution >= 4 is 39.1 Å². The Labute approximate surface area is 125 Å². The molecule has 0 heterocycles. The molecule has 0 aliphatic rings.